The highest BCUT2D eigenvalue weighted by Crippen LogP contribution is 2.52. The van der Waals surface area contributed by atoms with E-state index in [0.717, 1.165) is 0 Å². The van der Waals surface area contributed by atoms with Crippen LogP contribution in [0.5, 0.6) is 0 Å². The van der Waals surface area contributed by atoms with E-state index in [0.29, 0.717) is 0 Å². The summed E-state index contributed by atoms with van der Waals surface area (Å²) in [6.07, 6.45) is 5.37. The highest BCUT2D eigenvalue weighted by molar-refractivity contribution is 7.95. The highest BCUT2D eigenvalue weighted by atomic mass is 32.1. The zero-order chi connectivity index (χ0) is 27.1. The summed E-state index contributed by atoms with van der Waals surface area (Å²) in [5.41, 5.74) is 0. The van der Waals surface area contributed by atoms with Gasteiger partial charge in [0, 0.05) is 76.4 Å². The van der Waals surface area contributed by atoms with E-state index in [1.54, 1.807) is 0 Å². The van der Waals surface area contributed by atoms with Gasteiger partial charge >= 0.3 is 0 Å². The Labute approximate surface area is 249 Å². The standard InChI is InChI=1S/C37H23PS3/c1-38(29-17-8-14-26-23-11-2-5-20-32(23)39-35(26)29,30-18-9-15-27-24-12-3-6-21-33(24)40-36(27)30)31-19-10-16-28-25-13-4-7-22-34(25)41-37(28)31/h2-22H,1H2. The minimum absolute atomic E-state index is 1.33. The van der Waals surface area contributed by atoms with Gasteiger partial charge < -0.3 is 0 Å². The Hall–Kier alpha value is -3.72. The minimum Gasteiger partial charge on any atom is -0.134 e. The average molecular weight is 595 g/mol. The molecule has 0 radical (unpaired) electrons. The molecule has 0 N–H and O–H groups in total. The second-order valence-corrected chi connectivity index (χ2v) is 16.8. The van der Waals surface area contributed by atoms with E-state index < -0.39 is 6.89 Å². The van der Waals surface area contributed by atoms with Gasteiger partial charge in [-0.05, 0) is 25.1 Å². The van der Waals surface area contributed by atoms with E-state index in [9.17, 15) is 0 Å². The van der Waals surface area contributed by atoms with Crippen molar-refractivity contribution in [3.63, 3.8) is 0 Å². The first-order valence-corrected chi connectivity index (χ1v) is 18.1. The Balaban J connectivity index is 1.48. The van der Waals surface area contributed by atoms with Crippen molar-refractivity contribution in [1.29, 1.82) is 0 Å². The molecule has 0 unspecified atom stereocenters. The Morgan fingerprint density at radius 2 is 0.634 bits per heavy atom. The van der Waals surface area contributed by atoms with Crippen LogP contribution in [0, 0.1) is 0 Å². The lowest BCUT2D eigenvalue weighted by Gasteiger charge is -2.28. The quantitative estimate of drug-likeness (QED) is 0.179. The number of hydrogen-bond acceptors (Lipinski definition) is 3. The molecule has 194 valence electrons. The van der Waals surface area contributed by atoms with Crippen LogP contribution in [0.4, 0.5) is 0 Å². The average Bonchev–Trinajstić information content (AvgIpc) is 3.71. The van der Waals surface area contributed by atoms with Crippen molar-refractivity contribution >= 4 is 124 Å². The van der Waals surface area contributed by atoms with Gasteiger partial charge in [0.2, 0.25) is 0 Å². The van der Waals surface area contributed by atoms with Gasteiger partial charge in [-0.1, -0.05) is 115 Å². The van der Waals surface area contributed by atoms with Crippen LogP contribution in [0.3, 0.4) is 0 Å². The van der Waals surface area contributed by atoms with Gasteiger partial charge in [0.25, 0.3) is 0 Å². The molecular weight excluding hydrogens is 572 g/mol. The second kappa shape index (κ2) is 8.89. The van der Waals surface area contributed by atoms with Gasteiger partial charge in [-0.3, -0.25) is 0 Å². The van der Waals surface area contributed by atoms with E-state index in [2.05, 4.69) is 127 Å². The topological polar surface area (TPSA) is 0 Å². The van der Waals surface area contributed by atoms with Crippen LogP contribution < -0.4 is 15.9 Å². The molecule has 0 fully saturated rings. The van der Waals surface area contributed by atoms with Crippen molar-refractivity contribution in [2.24, 2.45) is 0 Å². The van der Waals surface area contributed by atoms with E-state index in [-0.39, 0.29) is 0 Å². The maximum absolute atomic E-state index is 5.37. The third-order valence-corrected chi connectivity index (χ3v) is 16.1. The van der Waals surface area contributed by atoms with Crippen LogP contribution in [-0.4, -0.2) is 6.30 Å². The minimum atomic E-state index is -2.35. The zero-order valence-electron chi connectivity index (χ0n) is 22.0. The van der Waals surface area contributed by atoms with Crippen LogP contribution in [-0.2, 0) is 0 Å². The van der Waals surface area contributed by atoms with Crippen LogP contribution in [0.15, 0.2) is 127 Å². The normalized spacial score (nSPS) is 12.5. The molecule has 3 aromatic heterocycles. The Morgan fingerprint density at radius 3 is 0.976 bits per heavy atom. The predicted octanol–water partition coefficient (Wildman–Crippen LogP) is 10.5. The fraction of sp³-hybridized carbons (Fsp3) is 0. The Kier molecular flexibility index (Phi) is 5.19. The van der Waals surface area contributed by atoms with E-state index >= 15 is 0 Å². The van der Waals surface area contributed by atoms with Crippen molar-refractivity contribution in [2.75, 3.05) is 0 Å². The van der Waals surface area contributed by atoms with Crippen molar-refractivity contribution in [3.05, 3.63) is 127 Å². The van der Waals surface area contributed by atoms with Crippen LogP contribution in [0.1, 0.15) is 0 Å². The summed E-state index contributed by atoms with van der Waals surface area (Å²) in [4.78, 5) is 0. The van der Waals surface area contributed by atoms with Crippen LogP contribution >= 0.6 is 40.9 Å². The predicted molar refractivity (Wildman–Crippen MR) is 191 cm³/mol. The second-order valence-electron chi connectivity index (χ2n) is 10.6. The smallest absolute Gasteiger partial charge is 0.0438 e. The third kappa shape index (κ3) is 3.32. The third-order valence-electron chi connectivity index (χ3n) is 8.38. The summed E-state index contributed by atoms with van der Waals surface area (Å²) < 4.78 is 8.11. The largest absolute Gasteiger partial charge is 0.134 e. The highest BCUT2D eigenvalue weighted by Gasteiger charge is 2.30. The molecule has 0 aliphatic heterocycles. The molecule has 9 rings (SSSR count). The van der Waals surface area contributed by atoms with Crippen LogP contribution in [0.2, 0.25) is 0 Å². The zero-order valence-corrected chi connectivity index (χ0v) is 25.3. The lowest BCUT2D eigenvalue weighted by atomic mass is 10.1. The molecule has 0 atom stereocenters. The molecule has 0 aliphatic rings. The maximum atomic E-state index is 5.37. The molecule has 0 amide bonds. The van der Waals surface area contributed by atoms with Crippen molar-refractivity contribution in [2.45, 2.75) is 0 Å². The number of benzene rings is 6. The first-order valence-electron chi connectivity index (χ1n) is 13.7. The van der Waals surface area contributed by atoms with Gasteiger partial charge in [-0.25, -0.2) is 0 Å². The van der Waals surface area contributed by atoms with Gasteiger partial charge in [0.15, 0.2) is 0 Å². The molecule has 4 heteroatoms. The molecule has 0 spiro atoms. The summed E-state index contributed by atoms with van der Waals surface area (Å²) >= 11 is 5.76. The Bertz CT molecular complexity index is 2240. The van der Waals surface area contributed by atoms with Crippen molar-refractivity contribution in [3.8, 4) is 0 Å². The van der Waals surface area contributed by atoms with Crippen LogP contribution in [0.25, 0.3) is 60.5 Å². The van der Waals surface area contributed by atoms with Gasteiger partial charge in [0.05, 0.1) is 0 Å². The summed E-state index contributed by atoms with van der Waals surface area (Å²) in [6, 6.07) is 47.3. The van der Waals surface area contributed by atoms with Crippen molar-refractivity contribution in [1.82, 2.24) is 0 Å². The lowest BCUT2D eigenvalue weighted by Crippen LogP contribution is -2.26. The molecule has 0 saturated carbocycles. The molecule has 9 aromatic rings. The number of fused-ring (bicyclic) bond motifs is 9. The van der Waals surface area contributed by atoms with E-state index in [1.165, 1.54) is 76.4 Å². The van der Waals surface area contributed by atoms with E-state index in [4.69, 9.17) is 6.30 Å². The number of hydrogen-bond donors (Lipinski definition) is 0. The molecule has 0 nitrogen and oxygen atoms in total. The summed E-state index contributed by atoms with van der Waals surface area (Å²) in [5, 5.41) is 12.2. The summed E-state index contributed by atoms with van der Waals surface area (Å²) in [7, 11) is 0. The monoisotopic (exact) mass is 594 g/mol. The summed E-state index contributed by atoms with van der Waals surface area (Å²) in [5.74, 6) is 0. The number of thiophene rings is 3. The molecule has 0 aliphatic carbocycles. The fourth-order valence-corrected chi connectivity index (χ4v) is 14.8. The van der Waals surface area contributed by atoms with Gasteiger partial charge in [-0.2, -0.15) is 0 Å². The Morgan fingerprint density at radius 1 is 0.341 bits per heavy atom. The lowest BCUT2D eigenvalue weighted by molar-refractivity contribution is 1.85. The first-order chi connectivity index (χ1) is 20.2. The molecule has 6 aromatic carbocycles. The SMILES string of the molecule is C=P(c1cccc2c1sc1ccccc12)(c1cccc2c1sc1ccccc12)c1cccc2c1sc1ccccc12. The fourth-order valence-electron chi connectivity index (χ4n) is 6.49. The molecule has 3 heterocycles. The number of rotatable bonds is 3. The van der Waals surface area contributed by atoms with Gasteiger partial charge in [0.1, 0.15) is 0 Å². The summed E-state index contributed by atoms with van der Waals surface area (Å²) in [6.45, 7) is -2.35. The molecular formula is C37H23PS3. The molecule has 41 heavy (non-hydrogen) atoms. The molecule has 0 saturated heterocycles. The van der Waals surface area contributed by atoms with Gasteiger partial charge in [-0.15, -0.1) is 34.0 Å². The first kappa shape index (κ1) is 23.9. The molecule has 0 bridgehead atoms. The van der Waals surface area contributed by atoms with E-state index in [1.807, 2.05) is 34.0 Å². The van der Waals surface area contributed by atoms with Crippen molar-refractivity contribution < 1.29 is 0 Å². The maximum Gasteiger partial charge on any atom is 0.0438 e.